The largest absolute Gasteiger partial charge is 0.479 e. The topological polar surface area (TPSA) is 43.2 Å². The number of aliphatic imine (C=N–C) groups is 2. The first-order valence-electron chi connectivity index (χ1n) is 6.30. The van der Waals surface area contributed by atoms with Gasteiger partial charge >= 0.3 is 0 Å². The van der Waals surface area contributed by atoms with Crippen LogP contribution in [0.2, 0.25) is 0 Å². The molecule has 0 saturated heterocycles. The lowest BCUT2D eigenvalue weighted by atomic mass is 10.1. The number of rotatable bonds is 4. The Morgan fingerprint density at radius 1 is 1.11 bits per heavy atom. The van der Waals surface area contributed by atoms with Crippen LogP contribution in [0, 0.1) is 0 Å². The van der Waals surface area contributed by atoms with E-state index in [2.05, 4.69) is 34.3 Å². The van der Waals surface area contributed by atoms with Crippen molar-refractivity contribution in [1.82, 2.24) is 0 Å². The summed E-state index contributed by atoms with van der Waals surface area (Å²) in [7, 11) is 0. The summed E-state index contributed by atoms with van der Waals surface area (Å²) in [5.74, 6) is 1.52. The maximum Gasteiger partial charge on any atom is 0.193 e. The second-order valence-corrected chi connectivity index (χ2v) is 4.48. The zero-order valence-electron chi connectivity index (χ0n) is 10.2. The standard InChI is InChI=1S/C14H16N2O2/c1-2-4-11(5-3-1)8-12-10-18-14(16-12)9-13-15-6-7-17-13/h1-5,12H,6-10H2. The summed E-state index contributed by atoms with van der Waals surface area (Å²) in [5.41, 5.74) is 1.30. The molecule has 2 aliphatic heterocycles. The molecule has 0 N–H and O–H groups in total. The van der Waals surface area contributed by atoms with E-state index in [9.17, 15) is 0 Å². The highest BCUT2D eigenvalue weighted by atomic mass is 16.5. The Morgan fingerprint density at radius 3 is 2.78 bits per heavy atom. The molecule has 2 heterocycles. The second kappa shape index (κ2) is 5.21. The van der Waals surface area contributed by atoms with Gasteiger partial charge in [-0.3, -0.25) is 4.99 Å². The monoisotopic (exact) mass is 244 g/mol. The minimum atomic E-state index is 0.226. The average molecular weight is 244 g/mol. The van der Waals surface area contributed by atoms with Crippen molar-refractivity contribution < 1.29 is 9.47 Å². The maximum absolute atomic E-state index is 5.59. The van der Waals surface area contributed by atoms with Gasteiger partial charge in [0.2, 0.25) is 0 Å². The smallest absolute Gasteiger partial charge is 0.193 e. The molecule has 4 nitrogen and oxygen atoms in total. The van der Waals surface area contributed by atoms with Crippen molar-refractivity contribution >= 4 is 11.8 Å². The molecule has 4 heteroatoms. The fourth-order valence-corrected chi connectivity index (χ4v) is 2.17. The van der Waals surface area contributed by atoms with Crippen molar-refractivity contribution in [3.63, 3.8) is 0 Å². The number of nitrogens with zero attached hydrogens (tertiary/aromatic N) is 2. The van der Waals surface area contributed by atoms with Crippen LogP contribution in [0.4, 0.5) is 0 Å². The van der Waals surface area contributed by atoms with Gasteiger partial charge in [-0.25, -0.2) is 4.99 Å². The molecule has 1 aromatic carbocycles. The lowest BCUT2D eigenvalue weighted by Gasteiger charge is -2.04. The van der Waals surface area contributed by atoms with E-state index in [0.29, 0.717) is 19.6 Å². The Hall–Kier alpha value is -1.84. The van der Waals surface area contributed by atoms with Crippen LogP contribution in [-0.2, 0) is 15.9 Å². The Bertz CT molecular complexity index is 468. The first-order valence-corrected chi connectivity index (χ1v) is 6.30. The minimum absolute atomic E-state index is 0.226. The fourth-order valence-electron chi connectivity index (χ4n) is 2.17. The Labute approximate surface area is 106 Å². The number of benzene rings is 1. The van der Waals surface area contributed by atoms with Crippen LogP contribution in [-0.4, -0.2) is 37.6 Å². The van der Waals surface area contributed by atoms with Gasteiger partial charge in [0.05, 0.1) is 19.0 Å². The Balaban J connectivity index is 1.58. The van der Waals surface area contributed by atoms with Crippen LogP contribution in [0.15, 0.2) is 40.3 Å². The molecule has 0 aromatic heterocycles. The number of hydrogen-bond donors (Lipinski definition) is 0. The van der Waals surface area contributed by atoms with E-state index in [1.54, 1.807) is 0 Å². The van der Waals surface area contributed by atoms with Gasteiger partial charge < -0.3 is 9.47 Å². The van der Waals surface area contributed by atoms with Crippen LogP contribution < -0.4 is 0 Å². The molecule has 1 atom stereocenters. The summed E-state index contributed by atoms with van der Waals surface area (Å²) < 4.78 is 10.9. The molecule has 2 aliphatic rings. The molecule has 0 aliphatic carbocycles. The van der Waals surface area contributed by atoms with E-state index in [1.807, 2.05) is 6.07 Å². The van der Waals surface area contributed by atoms with E-state index in [4.69, 9.17) is 9.47 Å². The lowest BCUT2D eigenvalue weighted by molar-refractivity contribution is 0.305. The van der Waals surface area contributed by atoms with E-state index in [-0.39, 0.29) is 6.04 Å². The zero-order chi connectivity index (χ0) is 12.2. The molecule has 1 unspecified atom stereocenters. The first-order chi connectivity index (χ1) is 8.90. The van der Waals surface area contributed by atoms with Gasteiger partial charge in [0, 0.05) is 0 Å². The third-order valence-corrected chi connectivity index (χ3v) is 3.03. The third-order valence-electron chi connectivity index (χ3n) is 3.03. The molecule has 3 rings (SSSR count). The quantitative estimate of drug-likeness (QED) is 0.811. The second-order valence-electron chi connectivity index (χ2n) is 4.48. The summed E-state index contributed by atoms with van der Waals surface area (Å²) in [4.78, 5) is 8.82. The Morgan fingerprint density at radius 2 is 2.00 bits per heavy atom. The highest BCUT2D eigenvalue weighted by molar-refractivity contribution is 5.98. The lowest BCUT2D eigenvalue weighted by Crippen LogP contribution is -2.10. The summed E-state index contributed by atoms with van der Waals surface area (Å²) in [5, 5.41) is 0. The van der Waals surface area contributed by atoms with Crippen LogP contribution in [0.3, 0.4) is 0 Å². The first kappa shape index (κ1) is 11.3. The minimum Gasteiger partial charge on any atom is -0.479 e. The van der Waals surface area contributed by atoms with Crippen molar-refractivity contribution in [3.8, 4) is 0 Å². The summed E-state index contributed by atoms with van der Waals surface area (Å²) in [6, 6.07) is 10.6. The molecule has 0 saturated carbocycles. The van der Waals surface area contributed by atoms with Gasteiger partial charge in [0.1, 0.15) is 13.2 Å². The van der Waals surface area contributed by atoms with E-state index in [1.165, 1.54) is 5.56 Å². The molecular formula is C14H16N2O2. The Kier molecular flexibility index (Phi) is 3.26. The molecule has 18 heavy (non-hydrogen) atoms. The normalized spacial score (nSPS) is 22.1. The van der Waals surface area contributed by atoms with E-state index in [0.717, 1.165) is 24.8 Å². The predicted molar refractivity (Wildman–Crippen MR) is 70.2 cm³/mol. The third kappa shape index (κ3) is 2.70. The maximum atomic E-state index is 5.59. The van der Waals surface area contributed by atoms with Gasteiger partial charge in [-0.05, 0) is 12.0 Å². The SMILES string of the molecule is c1ccc(CC2COC(CC3=NCCO3)=N2)cc1. The molecular weight excluding hydrogens is 228 g/mol. The molecule has 0 spiro atoms. The average Bonchev–Trinajstić information content (AvgIpc) is 3.03. The zero-order valence-corrected chi connectivity index (χ0v) is 10.2. The fraction of sp³-hybridized carbons (Fsp3) is 0.429. The number of ether oxygens (including phenoxy) is 2. The van der Waals surface area contributed by atoms with Gasteiger partial charge in [0.15, 0.2) is 11.8 Å². The van der Waals surface area contributed by atoms with Crippen molar-refractivity contribution in [3.05, 3.63) is 35.9 Å². The van der Waals surface area contributed by atoms with Crippen molar-refractivity contribution in [2.24, 2.45) is 9.98 Å². The molecule has 1 aromatic rings. The van der Waals surface area contributed by atoms with Gasteiger partial charge in [-0.2, -0.15) is 0 Å². The highest BCUT2D eigenvalue weighted by Crippen LogP contribution is 2.14. The van der Waals surface area contributed by atoms with Crippen LogP contribution in [0.1, 0.15) is 12.0 Å². The summed E-state index contributed by atoms with van der Waals surface area (Å²) >= 11 is 0. The highest BCUT2D eigenvalue weighted by Gasteiger charge is 2.21. The van der Waals surface area contributed by atoms with E-state index < -0.39 is 0 Å². The van der Waals surface area contributed by atoms with Crippen LogP contribution in [0.25, 0.3) is 0 Å². The van der Waals surface area contributed by atoms with E-state index >= 15 is 0 Å². The molecule has 0 bridgehead atoms. The van der Waals surface area contributed by atoms with Crippen molar-refractivity contribution in [2.45, 2.75) is 18.9 Å². The molecule has 94 valence electrons. The molecule has 0 fully saturated rings. The van der Waals surface area contributed by atoms with Crippen LogP contribution >= 0.6 is 0 Å². The van der Waals surface area contributed by atoms with Gasteiger partial charge in [-0.1, -0.05) is 30.3 Å². The predicted octanol–water partition coefficient (Wildman–Crippen LogP) is 1.85. The van der Waals surface area contributed by atoms with Crippen LogP contribution in [0.5, 0.6) is 0 Å². The van der Waals surface area contributed by atoms with Gasteiger partial charge in [-0.15, -0.1) is 0 Å². The molecule has 0 radical (unpaired) electrons. The van der Waals surface area contributed by atoms with Crippen molar-refractivity contribution in [1.29, 1.82) is 0 Å². The number of hydrogen-bond acceptors (Lipinski definition) is 4. The van der Waals surface area contributed by atoms with Crippen molar-refractivity contribution in [2.75, 3.05) is 19.8 Å². The summed E-state index contributed by atoms with van der Waals surface area (Å²) in [6.07, 6.45) is 1.53. The summed E-state index contributed by atoms with van der Waals surface area (Å²) in [6.45, 7) is 2.11. The molecule has 0 amide bonds. The van der Waals surface area contributed by atoms with Gasteiger partial charge in [0.25, 0.3) is 0 Å².